The highest BCUT2D eigenvalue weighted by molar-refractivity contribution is 9.10. The molecule has 5 heteroatoms. The molecule has 4 rings (SSSR count). The van der Waals surface area contributed by atoms with Crippen molar-refractivity contribution < 1.29 is 4.74 Å². The van der Waals surface area contributed by atoms with Crippen LogP contribution in [-0.2, 0) is 6.61 Å². The van der Waals surface area contributed by atoms with E-state index in [2.05, 4.69) is 25.9 Å². The van der Waals surface area contributed by atoms with Crippen LogP contribution in [0.25, 0.3) is 22.0 Å². The normalized spacial score (nSPS) is 10.8. The van der Waals surface area contributed by atoms with Gasteiger partial charge in [0.2, 0.25) is 0 Å². The molecule has 0 saturated carbocycles. The standard InChI is InChI=1S/C21H15BrN2O2/c22-15-9-10-18-17(12-15)20(26-13-16-8-4-5-11-23-16)19(21(25)24-18)14-6-2-1-3-7-14/h1-12H,13H2,(H,24,25). The van der Waals surface area contributed by atoms with E-state index in [1.807, 2.05) is 66.7 Å². The number of rotatable bonds is 4. The summed E-state index contributed by atoms with van der Waals surface area (Å²) >= 11 is 3.50. The van der Waals surface area contributed by atoms with Crippen molar-refractivity contribution in [2.24, 2.45) is 0 Å². The smallest absolute Gasteiger partial charge is 0.260 e. The topological polar surface area (TPSA) is 55.0 Å². The monoisotopic (exact) mass is 406 g/mol. The van der Waals surface area contributed by atoms with Gasteiger partial charge in [-0.15, -0.1) is 0 Å². The number of aromatic amines is 1. The van der Waals surface area contributed by atoms with E-state index >= 15 is 0 Å². The van der Waals surface area contributed by atoms with Gasteiger partial charge in [-0.2, -0.15) is 0 Å². The number of ether oxygens (including phenoxy) is 1. The second kappa shape index (κ2) is 7.14. The Kier molecular flexibility index (Phi) is 4.54. The molecule has 4 nitrogen and oxygen atoms in total. The van der Waals surface area contributed by atoms with Gasteiger partial charge in [0.25, 0.3) is 5.56 Å². The van der Waals surface area contributed by atoms with Gasteiger partial charge in [-0.3, -0.25) is 9.78 Å². The lowest BCUT2D eigenvalue weighted by molar-refractivity contribution is 0.306. The molecule has 0 aliphatic rings. The fraction of sp³-hybridized carbons (Fsp3) is 0.0476. The van der Waals surface area contributed by atoms with Crippen molar-refractivity contribution in [2.75, 3.05) is 0 Å². The number of halogens is 1. The zero-order valence-corrected chi connectivity index (χ0v) is 15.4. The van der Waals surface area contributed by atoms with Gasteiger partial charge < -0.3 is 9.72 Å². The average molecular weight is 407 g/mol. The van der Waals surface area contributed by atoms with Crippen LogP contribution in [0.15, 0.2) is 82.2 Å². The molecule has 0 radical (unpaired) electrons. The maximum absolute atomic E-state index is 12.8. The van der Waals surface area contributed by atoms with Crippen LogP contribution in [-0.4, -0.2) is 9.97 Å². The molecule has 0 aliphatic heterocycles. The maximum Gasteiger partial charge on any atom is 0.260 e. The fourth-order valence-corrected chi connectivity index (χ4v) is 3.24. The third kappa shape index (κ3) is 3.26. The molecule has 0 aliphatic carbocycles. The lowest BCUT2D eigenvalue weighted by Gasteiger charge is -2.14. The van der Waals surface area contributed by atoms with Crippen molar-refractivity contribution in [3.63, 3.8) is 0 Å². The first-order valence-corrected chi connectivity index (χ1v) is 8.95. The van der Waals surface area contributed by atoms with Gasteiger partial charge in [0.1, 0.15) is 12.4 Å². The summed E-state index contributed by atoms with van der Waals surface area (Å²) in [6.07, 6.45) is 1.73. The van der Waals surface area contributed by atoms with Gasteiger partial charge >= 0.3 is 0 Å². The SMILES string of the molecule is O=c1[nH]c2ccc(Br)cc2c(OCc2ccccn2)c1-c1ccccc1. The molecule has 0 amide bonds. The molecule has 0 bridgehead atoms. The van der Waals surface area contributed by atoms with Crippen LogP contribution in [0.4, 0.5) is 0 Å². The molecule has 0 unspecified atom stereocenters. The Morgan fingerprint density at radius 3 is 2.58 bits per heavy atom. The van der Waals surface area contributed by atoms with Crippen molar-refractivity contribution in [1.82, 2.24) is 9.97 Å². The Labute approximate surface area is 158 Å². The van der Waals surface area contributed by atoms with E-state index in [0.717, 1.165) is 26.6 Å². The molecule has 1 N–H and O–H groups in total. The molecular formula is C21H15BrN2O2. The number of H-pyrrole nitrogens is 1. The minimum Gasteiger partial charge on any atom is -0.486 e. The first-order valence-electron chi connectivity index (χ1n) is 8.16. The van der Waals surface area contributed by atoms with E-state index < -0.39 is 0 Å². The van der Waals surface area contributed by atoms with Crippen LogP contribution in [0.3, 0.4) is 0 Å². The Morgan fingerprint density at radius 1 is 1.00 bits per heavy atom. The van der Waals surface area contributed by atoms with Crippen LogP contribution in [0.5, 0.6) is 5.75 Å². The summed E-state index contributed by atoms with van der Waals surface area (Å²) in [5.74, 6) is 0.557. The summed E-state index contributed by atoms with van der Waals surface area (Å²) < 4.78 is 7.04. The van der Waals surface area contributed by atoms with Gasteiger partial charge in [-0.1, -0.05) is 52.3 Å². The molecule has 26 heavy (non-hydrogen) atoms. The number of hydrogen-bond donors (Lipinski definition) is 1. The van der Waals surface area contributed by atoms with Crippen molar-refractivity contribution in [3.05, 3.63) is 93.4 Å². The molecule has 0 fully saturated rings. The zero-order chi connectivity index (χ0) is 17.9. The van der Waals surface area contributed by atoms with Crippen molar-refractivity contribution >= 4 is 26.8 Å². The largest absolute Gasteiger partial charge is 0.486 e. The average Bonchev–Trinajstić information content (AvgIpc) is 2.68. The van der Waals surface area contributed by atoms with Gasteiger partial charge in [0.15, 0.2) is 0 Å². The Morgan fingerprint density at radius 2 is 1.81 bits per heavy atom. The van der Waals surface area contributed by atoms with Gasteiger partial charge in [-0.25, -0.2) is 0 Å². The molecule has 0 saturated heterocycles. The minimum absolute atomic E-state index is 0.179. The van der Waals surface area contributed by atoms with Crippen LogP contribution >= 0.6 is 15.9 Å². The minimum atomic E-state index is -0.179. The molecule has 0 atom stereocenters. The summed E-state index contributed by atoms with van der Waals surface area (Å²) in [5.41, 5.74) is 2.68. The quantitative estimate of drug-likeness (QED) is 0.522. The Balaban J connectivity index is 1.91. The summed E-state index contributed by atoms with van der Waals surface area (Å²) in [7, 11) is 0. The van der Waals surface area contributed by atoms with E-state index in [-0.39, 0.29) is 12.2 Å². The number of pyridine rings is 2. The molecule has 128 valence electrons. The van der Waals surface area contributed by atoms with E-state index in [1.54, 1.807) is 6.20 Å². The predicted molar refractivity (Wildman–Crippen MR) is 106 cm³/mol. The van der Waals surface area contributed by atoms with Crippen LogP contribution in [0.1, 0.15) is 5.69 Å². The third-order valence-corrected chi connectivity index (χ3v) is 4.57. The first-order chi connectivity index (χ1) is 12.7. The van der Waals surface area contributed by atoms with E-state index in [4.69, 9.17) is 4.74 Å². The third-order valence-electron chi connectivity index (χ3n) is 4.08. The lowest BCUT2D eigenvalue weighted by atomic mass is 10.0. The number of hydrogen-bond acceptors (Lipinski definition) is 3. The van der Waals surface area contributed by atoms with E-state index in [1.165, 1.54) is 0 Å². The number of benzene rings is 2. The van der Waals surface area contributed by atoms with Crippen molar-refractivity contribution in [1.29, 1.82) is 0 Å². The van der Waals surface area contributed by atoms with Crippen LogP contribution in [0, 0.1) is 0 Å². The van der Waals surface area contributed by atoms with Crippen molar-refractivity contribution in [2.45, 2.75) is 6.61 Å². The summed E-state index contributed by atoms with van der Waals surface area (Å²) in [4.78, 5) is 20.0. The molecule has 0 spiro atoms. The number of nitrogens with one attached hydrogen (secondary N) is 1. The Hall–Kier alpha value is -2.92. The van der Waals surface area contributed by atoms with E-state index in [9.17, 15) is 4.79 Å². The van der Waals surface area contributed by atoms with Gasteiger partial charge in [0.05, 0.1) is 16.8 Å². The maximum atomic E-state index is 12.8. The van der Waals surface area contributed by atoms with E-state index in [0.29, 0.717) is 11.3 Å². The molecule has 2 aromatic heterocycles. The van der Waals surface area contributed by atoms with Crippen LogP contribution < -0.4 is 10.3 Å². The highest BCUT2D eigenvalue weighted by Gasteiger charge is 2.16. The number of fused-ring (bicyclic) bond motifs is 1. The lowest BCUT2D eigenvalue weighted by Crippen LogP contribution is -2.12. The zero-order valence-electron chi connectivity index (χ0n) is 13.8. The molecule has 2 aromatic carbocycles. The number of aromatic nitrogens is 2. The predicted octanol–water partition coefficient (Wildman–Crippen LogP) is 4.93. The second-order valence-electron chi connectivity index (χ2n) is 5.82. The number of nitrogens with zero attached hydrogens (tertiary/aromatic N) is 1. The van der Waals surface area contributed by atoms with Gasteiger partial charge in [0, 0.05) is 16.1 Å². The van der Waals surface area contributed by atoms with Gasteiger partial charge in [-0.05, 0) is 35.9 Å². The molecular weight excluding hydrogens is 392 g/mol. The molecule has 2 heterocycles. The highest BCUT2D eigenvalue weighted by Crippen LogP contribution is 2.35. The Bertz CT molecular complexity index is 1110. The summed E-state index contributed by atoms with van der Waals surface area (Å²) in [5, 5.41) is 0.841. The van der Waals surface area contributed by atoms with Crippen molar-refractivity contribution in [3.8, 4) is 16.9 Å². The highest BCUT2D eigenvalue weighted by atomic mass is 79.9. The first kappa shape index (κ1) is 16.5. The second-order valence-corrected chi connectivity index (χ2v) is 6.74. The molecule has 4 aromatic rings. The van der Waals surface area contributed by atoms with Crippen LogP contribution in [0.2, 0.25) is 0 Å². The summed E-state index contributed by atoms with van der Waals surface area (Å²) in [6, 6.07) is 20.9. The summed E-state index contributed by atoms with van der Waals surface area (Å²) in [6.45, 7) is 0.283. The fourth-order valence-electron chi connectivity index (χ4n) is 2.88.